The summed E-state index contributed by atoms with van der Waals surface area (Å²) in [7, 11) is 0. The molecule has 1 aromatic carbocycles. The third-order valence-electron chi connectivity index (χ3n) is 3.78. The van der Waals surface area contributed by atoms with Crippen LogP contribution in [0.15, 0.2) is 36.8 Å². The summed E-state index contributed by atoms with van der Waals surface area (Å²) in [6.07, 6.45) is 3.25. The minimum absolute atomic E-state index is 0.174. The topological polar surface area (TPSA) is 75.1 Å². The number of para-hydroxylation sites is 2. The van der Waals surface area contributed by atoms with Crippen molar-refractivity contribution in [2.45, 2.75) is 0 Å². The lowest BCUT2D eigenvalue weighted by Gasteiger charge is -2.26. The average Bonchev–Trinajstić information content (AvgIpc) is 3.24. The highest BCUT2D eigenvalue weighted by molar-refractivity contribution is 7.17. The Morgan fingerprint density at radius 1 is 1.22 bits per heavy atom. The van der Waals surface area contributed by atoms with Gasteiger partial charge in [0.05, 0.1) is 17.2 Å². The van der Waals surface area contributed by atoms with Gasteiger partial charge in [-0.05, 0) is 12.1 Å². The molecule has 23 heavy (non-hydrogen) atoms. The number of aromatic nitrogens is 3. The number of rotatable bonds is 3. The van der Waals surface area contributed by atoms with Crippen LogP contribution >= 0.6 is 11.3 Å². The highest BCUT2D eigenvalue weighted by Crippen LogP contribution is 2.23. The maximum Gasteiger partial charge on any atom is 0.281 e. The van der Waals surface area contributed by atoms with Gasteiger partial charge < -0.3 is 10.2 Å². The Morgan fingerprint density at radius 3 is 2.91 bits per heavy atom. The number of amides is 1. The Bertz CT molecular complexity index is 835. The first kappa shape index (κ1) is 14.2. The van der Waals surface area contributed by atoms with E-state index in [0.717, 1.165) is 42.3 Å². The van der Waals surface area contributed by atoms with Crippen LogP contribution in [0.5, 0.6) is 0 Å². The standard InChI is InChI=1S/C15H16N6OS/c22-14(19-21-10-18-11-3-1-2-4-12(11)21)13-9-17-15(23-13)20-7-5-16-6-8-20/h1-4,9-10,16H,5-8H2,(H,19,22). The second kappa shape index (κ2) is 5.98. The molecule has 8 heteroatoms. The van der Waals surface area contributed by atoms with E-state index in [1.54, 1.807) is 17.2 Å². The molecule has 1 saturated heterocycles. The summed E-state index contributed by atoms with van der Waals surface area (Å²) in [5.74, 6) is -0.174. The molecule has 4 rings (SSSR count). The highest BCUT2D eigenvalue weighted by atomic mass is 32.1. The van der Waals surface area contributed by atoms with Crippen molar-refractivity contribution in [3.8, 4) is 0 Å². The van der Waals surface area contributed by atoms with Crippen molar-refractivity contribution >= 4 is 33.4 Å². The number of carbonyl (C=O) groups excluding carboxylic acids is 1. The number of fused-ring (bicyclic) bond motifs is 1. The van der Waals surface area contributed by atoms with E-state index < -0.39 is 0 Å². The summed E-state index contributed by atoms with van der Waals surface area (Å²) >= 11 is 1.42. The van der Waals surface area contributed by atoms with Gasteiger partial charge in [-0.25, -0.2) is 14.6 Å². The monoisotopic (exact) mass is 328 g/mol. The number of thiazole rings is 1. The molecule has 0 unspecified atom stereocenters. The second-order valence-corrected chi connectivity index (χ2v) is 6.30. The molecular weight excluding hydrogens is 312 g/mol. The van der Waals surface area contributed by atoms with E-state index in [1.807, 2.05) is 24.3 Å². The van der Waals surface area contributed by atoms with Gasteiger partial charge in [0, 0.05) is 26.2 Å². The fraction of sp³-hybridized carbons (Fsp3) is 0.267. The zero-order valence-electron chi connectivity index (χ0n) is 12.4. The zero-order chi connectivity index (χ0) is 15.6. The number of hydrogen-bond acceptors (Lipinski definition) is 6. The predicted molar refractivity (Wildman–Crippen MR) is 90.6 cm³/mol. The van der Waals surface area contributed by atoms with Gasteiger partial charge in [0.1, 0.15) is 11.2 Å². The van der Waals surface area contributed by atoms with Crippen molar-refractivity contribution in [1.82, 2.24) is 20.0 Å². The van der Waals surface area contributed by atoms with Gasteiger partial charge in [-0.3, -0.25) is 10.2 Å². The molecule has 0 aliphatic carbocycles. The maximum absolute atomic E-state index is 12.4. The highest BCUT2D eigenvalue weighted by Gasteiger charge is 2.17. The first-order valence-electron chi connectivity index (χ1n) is 7.46. The number of nitrogens with one attached hydrogen (secondary N) is 2. The second-order valence-electron chi connectivity index (χ2n) is 5.29. The molecule has 0 radical (unpaired) electrons. The normalized spacial score (nSPS) is 15.0. The van der Waals surface area contributed by atoms with E-state index in [-0.39, 0.29) is 5.91 Å². The van der Waals surface area contributed by atoms with Gasteiger partial charge in [-0.1, -0.05) is 23.5 Å². The maximum atomic E-state index is 12.4. The fourth-order valence-electron chi connectivity index (χ4n) is 2.58. The van der Waals surface area contributed by atoms with E-state index in [0.29, 0.717) is 4.88 Å². The van der Waals surface area contributed by atoms with E-state index in [9.17, 15) is 4.79 Å². The fourth-order valence-corrected chi connectivity index (χ4v) is 3.44. The molecule has 1 aliphatic rings. The number of hydrogen-bond donors (Lipinski definition) is 2. The number of nitrogens with zero attached hydrogens (tertiary/aromatic N) is 4. The third-order valence-corrected chi connectivity index (χ3v) is 4.84. The van der Waals surface area contributed by atoms with Gasteiger partial charge in [-0.2, -0.15) is 0 Å². The first-order chi connectivity index (χ1) is 11.3. The van der Waals surface area contributed by atoms with Crippen molar-refractivity contribution < 1.29 is 4.79 Å². The summed E-state index contributed by atoms with van der Waals surface area (Å²) in [5, 5.41) is 4.20. The molecule has 2 aromatic heterocycles. The molecular formula is C15H16N6OS. The molecule has 7 nitrogen and oxygen atoms in total. The van der Waals surface area contributed by atoms with Crippen LogP contribution in [-0.2, 0) is 0 Å². The third kappa shape index (κ3) is 2.78. The van der Waals surface area contributed by atoms with Crippen molar-refractivity contribution in [2.24, 2.45) is 0 Å². The minimum Gasteiger partial charge on any atom is -0.346 e. The molecule has 3 heterocycles. The number of piperazine rings is 1. The van der Waals surface area contributed by atoms with Crippen LogP contribution in [0, 0.1) is 0 Å². The van der Waals surface area contributed by atoms with E-state index in [2.05, 4.69) is 25.6 Å². The molecule has 0 saturated carbocycles. The summed E-state index contributed by atoms with van der Waals surface area (Å²) in [5.41, 5.74) is 4.57. The number of imidazole rings is 1. The van der Waals surface area contributed by atoms with Crippen LogP contribution in [0.3, 0.4) is 0 Å². The molecule has 1 amide bonds. The lowest BCUT2D eigenvalue weighted by molar-refractivity contribution is 0.101. The summed E-state index contributed by atoms with van der Waals surface area (Å²) < 4.78 is 1.64. The van der Waals surface area contributed by atoms with E-state index >= 15 is 0 Å². The van der Waals surface area contributed by atoms with Crippen LogP contribution < -0.4 is 15.6 Å². The van der Waals surface area contributed by atoms with Gasteiger partial charge >= 0.3 is 0 Å². The van der Waals surface area contributed by atoms with Gasteiger partial charge in [0.15, 0.2) is 5.13 Å². The first-order valence-corrected chi connectivity index (χ1v) is 8.28. The molecule has 3 aromatic rings. The quantitative estimate of drug-likeness (QED) is 0.758. The van der Waals surface area contributed by atoms with Crippen LogP contribution in [0.25, 0.3) is 11.0 Å². The smallest absolute Gasteiger partial charge is 0.281 e. The lowest BCUT2D eigenvalue weighted by atomic mass is 10.3. The lowest BCUT2D eigenvalue weighted by Crippen LogP contribution is -2.43. The van der Waals surface area contributed by atoms with E-state index in [4.69, 9.17) is 0 Å². The van der Waals surface area contributed by atoms with Crippen LogP contribution in [0.1, 0.15) is 9.67 Å². The Hall–Kier alpha value is -2.45. The molecule has 1 fully saturated rings. The van der Waals surface area contributed by atoms with Gasteiger partial charge in [0.2, 0.25) is 0 Å². The molecule has 0 spiro atoms. The number of benzene rings is 1. The largest absolute Gasteiger partial charge is 0.346 e. The van der Waals surface area contributed by atoms with E-state index in [1.165, 1.54) is 11.3 Å². The van der Waals surface area contributed by atoms with Crippen LogP contribution in [0.4, 0.5) is 5.13 Å². The number of anilines is 1. The summed E-state index contributed by atoms with van der Waals surface area (Å²) in [4.78, 5) is 23.9. The van der Waals surface area contributed by atoms with Crippen molar-refractivity contribution in [3.05, 3.63) is 41.7 Å². The molecule has 0 bridgehead atoms. The number of carbonyl (C=O) groups is 1. The predicted octanol–water partition coefficient (Wildman–Crippen LogP) is 1.29. The molecule has 0 atom stereocenters. The summed E-state index contributed by atoms with van der Waals surface area (Å²) in [6.45, 7) is 3.73. The van der Waals surface area contributed by atoms with Crippen molar-refractivity contribution in [1.29, 1.82) is 0 Å². The van der Waals surface area contributed by atoms with Gasteiger partial charge in [-0.15, -0.1) is 0 Å². The average molecular weight is 328 g/mol. The zero-order valence-corrected chi connectivity index (χ0v) is 13.2. The Kier molecular flexibility index (Phi) is 3.68. The molecule has 118 valence electrons. The van der Waals surface area contributed by atoms with Crippen LogP contribution in [0.2, 0.25) is 0 Å². The minimum atomic E-state index is -0.174. The van der Waals surface area contributed by atoms with Gasteiger partial charge in [0.25, 0.3) is 5.91 Å². The van der Waals surface area contributed by atoms with Crippen molar-refractivity contribution in [3.63, 3.8) is 0 Å². The molecule has 1 aliphatic heterocycles. The van der Waals surface area contributed by atoms with Crippen molar-refractivity contribution in [2.75, 3.05) is 36.5 Å². The van der Waals surface area contributed by atoms with Crippen LogP contribution in [-0.4, -0.2) is 46.7 Å². The summed E-state index contributed by atoms with van der Waals surface area (Å²) in [6, 6.07) is 7.67. The Labute approximate surface area is 136 Å². The Morgan fingerprint density at radius 2 is 2.04 bits per heavy atom. The molecule has 2 N–H and O–H groups in total. The SMILES string of the molecule is O=C(Nn1cnc2ccccc21)c1cnc(N2CCNCC2)s1. The Balaban J connectivity index is 1.52.